The van der Waals surface area contributed by atoms with Crippen LogP contribution in [-0.4, -0.2) is 35.5 Å². The van der Waals surface area contributed by atoms with E-state index >= 15 is 0 Å². The lowest BCUT2D eigenvalue weighted by atomic mass is 9.95. The summed E-state index contributed by atoms with van der Waals surface area (Å²) in [6, 6.07) is 0.983. The van der Waals surface area contributed by atoms with Crippen LogP contribution in [0.15, 0.2) is 0 Å². The normalized spacial score (nSPS) is 44.4. The maximum atomic E-state index is 11.8. The van der Waals surface area contributed by atoms with Gasteiger partial charge in [0.05, 0.1) is 6.04 Å². The van der Waals surface area contributed by atoms with E-state index < -0.39 is 0 Å². The van der Waals surface area contributed by atoms with Crippen LogP contribution < -0.4 is 5.32 Å². The van der Waals surface area contributed by atoms with E-state index in [1.807, 2.05) is 0 Å². The first-order valence-corrected chi connectivity index (χ1v) is 5.67. The van der Waals surface area contributed by atoms with Gasteiger partial charge in [-0.25, -0.2) is 0 Å². The van der Waals surface area contributed by atoms with E-state index in [1.54, 1.807) is 0 Å². The van der Waals surface area contributed by atoms with E-state index in [-0.39, 0.29) is 11.9 Å². The maximum absolute atomic E-state index is 11.8. The van der Waals surface area contributed by atoms with Gasteiger partial charge in [0.2, 0.25) is 5.91 Å². The number of carbonyl (C=O) groups is 1. The molecule has 4 atom stereocenters. The molecule has 2 heterocycles. The minimum absolute atomic E-state index is 0.150. The number of carbonyl (C=O) groups excluding carboxylic acids is 1. The summed E-state index contributed by atoms with van der Waals surface area (Å²) in [7, 11) is 0. The highest BCUT2D eigenvalue weighted by molar-refractivity contribution is 5.82. The van der Waals surface area contributed by atoms with Gasteiger partial charge in [0.15, 0.2) is 0 Å². The minimum Gasteiger partial charge on any atom is -0.352 e. The maximum Gasteiger partial charge on any atom is 0.237 e. The molecule has 2 aliphatic rings. The van der Waals surface area contributed by atoms with Gasteiger partial charge in [0.1, 0.15) is 0 Å². The van der Waals surface area contributed by atoms with Crippen molar-refractivity contribution in [1.82, 2.24) is 10.2 Å². The molecule has 2 aliphatic heterocycles. The van der Waals surface area contributed by atoms with Crippen LogP contribution >= 0.6 is 0 Å². The Bertz CT molecular complexity index is 241. The lowest BCUT2D eigenvalue weighted by Crippen LogP contribution is -2.43. The van der Waals surface area contributed by atoms with Gasteiger partial charge in [-0.05, 0) is 39.2 Å². The van der Waals surface area contributed by atoms with Crippen molar-refractivity contribution in [2.75, 3.05) is 6.54 Å². The first-order valence-electron chi connectivity index (χ1n) is 5.67. The molecule has 1 N–H and O–H groups in total. The third-order valence-electron chi connectivity index (χ3n) is 4.04. The number of hydrogen-bond acceptors (Lipinski definition) is 2. The topological polar surface area (TPSA) is 32.3 Å². The van der Waals surface area contributed by atoms with Crippen molar-refractivity contribution < 1.29 is 4.79 Å². The van der Waals surface area contributed by atoms with Crippen molar-refractivity contribution >= 4 is 5.91 Å². The smallest absolute Gasteiger partial charge is 0.237 e. The Labute approximate surface area is 85.8 Å². The summed E-state index contributed by atoms with van der Waals surface area (Å²) in [5.74, 6) is 0.785. The van der Waals surface area contributed by atoms with E-state index in [1.165, 1.54) is 6.42 Å². The highest BCUT2D eigenvalue weighted by atomic mass is 16.2. The summed E-state index contributed by atoms with van der Waals surface area (Å²) in [5, 5.41) is 3.11. The van der Waals surface area contributed by atoms with Gasteiger partial charge < -0.3 is 5.32 Å². The zero-order valence-corrected chi connectivity index (χ0v) is 9.29. The fraction of sp³-hybridized carbons (Fsp3) is 0.909. The molecule has 2 fully saturated rings. The fourth-order valence-corrected chi connectivity index (χ4v) is 2.73. The molecule has 2 unspecified atom stereocenters. The molecule has 0 radical (unpaired) electrons. The fourth-order valence-electron chi connectivity index (χ4n) is 2.73. The van der Waals surface area contributed by atoms with Crippen LogP contribution in [-0.2, 0) is 4.79 Å². The molecule has 0 saturated carbocycles. The summed E-state index contributed by atoms with van der Waals surface area (Å²) in [4.78, 5) is 14.2. The van der Waals surface area contributed by atoms with Gasteiger partial charge in [-0.1, -0.05) is 6.92 Å². The van der Waals surface area contributed by atoms with Gasteiger partial charge in [-0.2, -0.15) is 0 Å². The van der Waals surface area contributed by atoms with Crippen LogP contribution in [0.4, 0.5) is 0 Å². The molecule has 0 aromatic heterocycles. The molecule has 3 heteroatoms. The molecule has 0 spiro atoms. The molecule has 0 bridgehead atoms. The number of amides is 1. The molecule has 2 saturated heterocycles. The Morgan fingerprint density at radius 2 is 2.07 bits per heavy atom. The number of hydrogen-bond donors (Lipinski definition) is 1. The van der Waals surface area contributed by atoms with Crippen molar-refractivity contribution in [3.05, 3.63) is 0 Å². The highest BCUT2D eigenvalue weighted by Gasteiger charge is 2.40. The highest BCUT2D eigenvalue weighted by Crippen LogP contribution is 2.27. The van der Waals surface area contributed by atoms with Crippen LogP contribution in [0.5, 0.6) is 0 Å². The summed E-state index contributed by atoms with van der Waals surface area (Å²) >= 11 is 0. The summed E-state index contributed by atoms with van der Waals surface area (Å²) in [6.45, 7) is 7.69. The van der Waals surface area contributed by atoms with E-state index in [0.717, 1.165) is 13.0 Å². The summed E-state index contributed by atoms with van der Waals surface area (Å²) in [6.07, 6.45) is 2.21. The van der Waals surface area contributed by atoms with Crippen LogP contribution in [0, 0.1) is 5.92 Å². The second-order valence-corrected chi connectivity index (χ2v) is 4.79. The molecule has 0 aliphatic carbocycles. The van der Waals surface area contributed by atoms with Crippen LogP contribution in [0.25, 0.3) is 0 Å². The average Bonchev–Trinajstić information content (AvgIpc) is 2.60. The Kier molecular flexibility index (Phi) is 2.52. The Morgan fingerprint density at radius 3 is 2.79 bits per heavy atom. The molecule has 80 valence electrons. The Morgan fingerprint density at radius 1 is 1.36 bits per heavy atom. The molecular weight excluding hydrogens is 176 g/mol. The number of nitrogens with one attached hydrogen (secondary N) is 1. The van der Waals surface area contributed by atoms with Crippen LogP contribution in [0.2, 0.25) is 0 Å². The molecule has 14 heavy (non-hydrogen) atoms. The minimum atomic E-state index is 0.150. The quantitative estimate of drug-likeness (QED) is 0.626. The number of rotatable bonds is 0. The van der Waals surface area contributed by atoms with Gasteiger partial charge in [-0.3, -0.25) is 9.69 Å². The standard InChI is InChI=1S/C11H20N2O/c1-7-8(2)12-11(14)10-5-4-6-13(10)9(7)3/h7-10H,4-6H2,1-3H3,(H,12,14)/t7-,8?,9-,10?/m1/s1. The predicted octanol–water partition coefficient (Wildman–Crippen LogP) is 0.994. The summed E-state index contributed by atoms with van der Waals surface area (Å²) < 4.78 is 0. The van der Waals surface area contributed by atoms with Crippen LogP contribution in [0.1, 0.15) is 33.6 Å². The largest absolute Gasteiger partial charge is 0.352 e. The second kappa shape index (κ2) is 3.54. The van der Waals surface area contributed by atoms with Crippen LogP contribution in [0.3, 0.4) is 0 Å². The zero-order valence-electron chi connectivity index (χ0n) is 9.29. The number of nitrogens with zero attached hydrogens (tertiary/aromatic N) is 1. The molecule has 0 aromatic carbocycles. The van der Waals surface area contributed by atoms with Gasteiger partial charge >= 0.3 is 0 Å². The first-order chi connectivity index (χ1) is 6.61. The molecule has 2 rings (SSSR count). The van der Waals surface area contributed by atoms with Crippen molar-refractivity contribution in [3.63, 3.8) is 0 Å². The van der Waals surface area contributed by atoms with E-state index in [9.17, 15) is 4.79 Å². The molecular formula is C11H20N2O. The third kappa shape index (κ3) is 1.44. The first kappa shape index (κ1) is 9.97. The second-order valence-electron chi connectivity index (χ2n) is 4.79. The Balaban J connectivity index is 2.23. The van der Waals surface area contributed by atoms with E-state index in [2.05, 4.69) is 31.0 Å². The van der Waals surface area contributed by atoms with Gasteiger partial charge in [0.25, 0.3) is 0 Å². The van der Waals surface area contributed by atoms with Crippen molar-refractivity contribution in [1.29, 1.82) is 0 Å². The Hall–Kier alpha value is -0.570. The van der Waals surface area contributed by atoms with Crippen molar-refractivity contribution in [3.8, 4) is 0 Å². The predicted molar refractivity (Wildman–Crippen MR) is 56.0 cm³/mol. The SMILES string of the molecule is CC1NC(=O)C2CCCN2[C@H](C)[C@@H]1C. The van der Waals surface area contributed by atoms with E-state index in [0.29, 0.717) is 18.0 Å². The molecule has 0 aromatic rings. The third-order valence-corrected chi connectivity index (χ3v) is 4.04. The van der Waals surface area contributed by atoms with Crippen molar-refractivity contribution in [2.45, 2.75) is 51.7 Å². The zero-order chi connectivity index (χ0) is 10.3. The average molecular weight is 196 g/mol. The molecule has 3 nitrogen and oxygen atoms in total. The van der Waals surface area contributed by atoms with Gasteiger partial charge in [0, 0.05) is 12.1 Å². The lowest BCUT2D eigenvalue weighted by molar-refractivity contribution is -0.125. The summed E-state index contributed by atoms with van der Waals surface area (Å²) in [5.41, 5.74) is 0. The van der Waals surface area contributed by atoms with Crippen molar-refractivity contribution in [2.24, 2.45) is 5.92 Å². The lowest BCUT2D eigenvalue weighted by Gasteiger charge is -2.30. The van der Waals surface area contributed by atoms with E-state index in [4.69, 9.17) is 0 Å². The number of fused-ring (bicyclic) bond motifs is 1. The van der Waals surface area contributed by atoms with Gasteiger partial charge in [-0.15, -0.1) is 0 Å². The monoisotopic (exact) mass is 196 g/mol. The molecule has 1 amide bonds.